The number of benzene rings is 1. The highest BCUT2D eigenvalue weighted by Crippen LogP contribution is 2.30. The average Bonchev–Trinajstić information content (AvgIpc) is 3.25. The minimum atomic E-state index is -0.309. The number of hydrogen-bond acceptors (Lipinski definition) is 6. The van der Waals surface area contributed by atoms with Gasteiger partial charge in [-0.2, -0.15) is 5.10 Å². The molecule has 2 aromatic heterocycles. The zero-order valence-corrected chi connectivity index (χ0v) is 16.7. The molecule has 1 fully saturated rings. The van der Waals surface area contributed by atoms with Gasteiger partial charge in [0.1, 0.15) is 11.5 Å². The number of halogens is 1. The van der Waals surface area contributed by atoms with Crippen molar-refractivity contribution >= 4 is 32.6 Å². The number of nitrogens with zero attached hydrogens (tertiary/aromatic N) is 5. The van der Waals surface area contributed by atoms with E-state index in [9.17, 15) is 9.18 Å². The number of carbonyl (C=O) groups is 1. The van der Waals surface area contributed by atoms with Crippen LogP contribution >= 0.6 is 11.3 Å². The zero-order valence-electron chi connectivity index (χ0n) is 15.9. The molecule has 1 aliphatic rings. The Morgan fingerprint density at radius 1 is 1.36 bits per heavy atom. The van der Waals surface area contributed by atoms with Gasteiger partial charge >= 0.3 is 0 Å². The van der Waals surface area contributed by atoms with Crippen LogP contribution in [0, 0.1) is 12.7 Å². The van der Waals surface area contributed by atoms with E-state index in [1.165, 1.54) is 23.5 Å². The van der Waals surface area contributed by atoms with E-state index in [4.69, 9.17) is 4.74 Å². The van der Waals surface area contributed by atoms with Gasteiger partial charge in [0.2, 0.25) is 0 Å². The summed E-state index contributed by atoms with van der Waals surface area (Å²) in [7, 11) is 1.76. The number of aromatic nitrogens is 3. The highest BCUT2D eigenvalue weighted by molar-refractivity contribution is 7.22. The molecule has 0 N–H and O–H groups in total. The molecule has 1 saturated heterocycles. The summed E-state index contributed by atoms with van der Waals surface area (Å²) in [6.45, 7) is 6.18. The second-order valence-electron chi connectivity index (χ2n) is 6.82. The summed E-state index contributed by atoms with van der Waals surface area (Å²) in [4.78, 5) is 21.9. The van der Waals surface area contributed by atoms with Crippen LogP contribution < -0.4 is 4.90 Å². The molecule has 0 atom stereocenters. The second kappa shape index (κ2) is 7.94. The van der Waals surface area contributed by atoms with Crippen molar-refractivity contribution in [1.29, 1.82) is 0 Å². The smallest absolute Gasteiger partial charge is 0.278 e. The lowest BCUT2D eigenvalue weighted by atomic mass is 10.2. The van der Waals surface area contributed by atoms with E-state index in [1.807, 2.05) is 6.92 Å². The Kier molecular flexibility index (Phi) is 5.38. The molecular weight excluding hydrogens is 381 g/mol. The molecule has 148 valence electrons. The normalized spacial score (nSPS) is 15.2. The van der Waals surface area contributed by atoms with Gasteiger partial charge in [0, 0.05) is 33.2 Å². The number of thiazole rings is 1. The van der Waals surface area contributed by atoms with Crippen LogP contribution in [0.25, 0.3) is 10.2 Å². The number of carbonyl (C=O) groups excluding carboxylic acids is 1. The van der Waals surface area contributed by atoms with Gasteiger partial charge in [0.25, 0.3) is 5.91 Å². The molecule has 0 bridgehead atoms. The standard InChI is InChI=1S/C19H22FN5O2S/c1-13-12-21-23(2)17(13)18(26)25(6-5-24-7-9-27-10-8-24)19-22-15-4-3-14(20)11-16(15)28-19/h3-4,11-12H,5-10H2,1-2H3. The quantitative estimate of drug-likeness (QED) is 0.655. The summed E-state index contributed by atoms with van der Waals surface area (Å²) < 4.78 is 21.3. The van der Waals surface area contributed by atoms with Gasteiger partial charge in [-0.1, -0.05) is 11.3 Å². The molecule has 0 radical (unpaired) electrons. The van der Waals surface area contributed by atoms with E-state index < -0.39 is 0 Å². The summed E-state index contributed by atoms with van der Waals surface area (Å²) >= 11 is 1.32. The molecule has 1 amide bonds. The second-order valence-corrected chi connectivity index (χ2v) is 7.83. The topological polar surface area (TPSA) is 63.5 Å². The van der Waals surface area contributed by atoms with Crippen molar-refractivity contribution in [3.8, 4) is 0 Å². The van der Waals surface area contributed by atoms with E-state index >= 15 is 0 Å². The average molecular weight is 403 g/mol. The first kappa shape index (κ1) is 19.0. The number of hydrogen-bond donors (Lipinski definition) is 0. The number of anilines is 1. The third-order valence-corrected chi connectivity index (χ3v) is 5.92. The van der Waals surface area contributed by atoms with Crippen LogP contribution in [0.1, 0.15) is 16.1 Å². The van der Waals surface area contributed by atoms with Crippen LogP contribution in [0.2, 0.25) is 0 Å². The summed E-state index contributed by atoms with van der Waals surface area (Å²) in [5.41, 5.74) is 2.04. The van der Waals surface area contributed by atoms with Gasteiger partial charge in [-0.15, -0.1) is 0 Å². The number of morpholine rings is 1. The predicted octanol–water partition coefficient (Wildman–Crippen LogP) is 2.46. The molecule has 3 heterocycles. The summed E-state index contributed by atoms with van der Waals surface area (Å²) in [6, 6.07) is 4.48. The number of rotatable bonds is 5. The van der Waals surface area contributed by atoms with Gasteiger partial charge in [0.15, 0.2) is 5.13 Å². The maximum Gasteiger partial charge on any atom is 0.278 e. The molecule has 7 nitrogen and oxygen atoms in total. The van der Waals surface area contributed by atoms with Gasteiger partial charge in [-0.25, -0.2) is 9.37 Å². The molecule has 0 saturated carbocycles. The highest BCUT2D eigenvalue weighted by Gasteiger charge is 2.26. The SMILES string of the molecule is Cc1cnn(C)c1C(=O)N(CCN1CCOCC1)c1nc2ccc(F)cc2s1. The summed E-state index contributed by atoms with van der Waals surface area (Å²) in [5.74, 6) is -0.457. The van der Waals surface area contributed by atoms with E-state index in [2.05, 4.69) is 15.0 Å². The Labute approximate surface area is 166 Å². The molecule has 1 aliphatic heterocycles. The first-order valence-corrected chi connectivity index (χ1v) is 10.0. The Hall–Kier alpha value is -2.36. The van der Waals surface area contributed by atoms with Crippen LogP contribution in [-0.4, -0.2) is 65.0 Å². The fourth-order valence-electron chi connectivity index (χ4n) is 3.33. The molecule has 9 heteroatoms. The van der Waals surface area contributed by atoms with Gasteiger partial charge in [0.05, 0.1) is 29.6 Å². The van der Waals surface area contributed by atoms with Gasteiger partial charge in [-0.05, 0) is 30.7 Å². The van der Waals surface area contributed by atoms with Crippen molar-refractivity contribution in [3.05, 3.63) is 41.5 Å². The van der Waals surface area contributed by atoms with Gasteiger partial charge in [-0.3, -0.25) is 19.3 Å². The van der Waals surface area contributed by atoms with Crippen LogP contribution in [0.5, 0.6) is 0 Å². The largest absolute Gasteiger partial charge is 0.379 e. The molecular formula is C19H22FN5O2S. The molecule has 4 rings (SSSR count). The Balaban J connectivity index is 1.66. The fourth-order valence-corrected chi connectivity index (χ4v) is 4.35. The third-order valence-electron chi connectivity index (χ3n) is 4.88. The lowest BCUT2D eigenvalue weighted by molar-refractivity contribution is 0.0391. The Morgan fingerprint density at radius 2 is 2.14 bits per heavy atom. The van der Waals surface area contributed by atoms with Crippen molar-refractivity contribution < 1.29 is 13.9 Å². The molecule has 28 heavy (non-hydrogen) atoms. The van der Waals surface area contributed by atoms with E-state index in [0.717, 1.165) is 29.9 Å². The van der Waals surface area contributed by atoms with Crippen LogP contribution in [0.15, 0.2) is 24.4 Å². The first-order chi connectivity index (χ1) is 13.5. The van der Waals surface area contributed by atoms with Crippen LogP contribution in [0.4, 0.5) is 9.52 Å². The van der Waals surface area contributed by atoms with Crippen LogP contribution in [0.3, 0.4) is 0 Å². The maximum absolute atomic E-state index is 13.6. The maximum atomic E-state index is 13.6. The zero-order chi connectivity index (χ0) is 19.7. The number of aryl methyl sites for hydroxylation is 2. The van der Waals surface area contributed by atoms with Crippen LogP contribution in [-0.2, 0) is 11.8 Å². The monoisotopic (exact) mass is 403 g/mol. The lowest BCUT2D eigenvalue weighted by Gasteiger charge is -2.29. The van der Waals surface area contributed by atoms with E-state index in [0.29, 0.717) is 36.1 Å². The number of amides is 1. The van der Waals surface area contributed by atoms with Crippen molar-refractivity contribution in [3.63, 3.8) is 0 Å². The molecule has 1 aromatic carbocycles. The minimum absolute atomic E-state index is 0.148. The molecule has 0 spiro atoms. The number of ether oxygens (including phenoxy) is 1. The van der Waals surface area contributed by atoms with Crippen molar-refractivity contribution in [2.24, 2.45) is 7.05 Å². The fraction of sp³-hybridized carbons (Fsp3) is 0.421. The Morgan fingerprint density at radius 3 is 2.86 bits per heavy atom. The first-order valence-electron chi connectivity index (χ1n) is 9.19. The number of fused-ring (bicyclic) bond motifs is 1. The molecule has 0 aliphatic carbocycles. The van der Waals surface area contributed by atoms with E-state index in [1.54, 1.807) is 28.9 Å². The van der Waals surface area contributed by atoms with E-state index in [-0.39, 0.29) is 11.7 Å². The highest BCUT2D eigenvalue weighted by atomic mass is 32.1. The van der Waals surface area contributed by atoms with Crippen molar-refractivity contribution in [2.45, 2.75) is 6.92 Å². The summed E-state index contributed by atoms with van der Waals surface area (Å²) in [6.07, 6.45) is 1.68. The predicted molar refractivity (Wildman–Crippen MR) is 106 cm³/mol. The third kappa shape index (κ3) is 3.78. The summed E-state index contributed by atoms with van der Waals surface area (Å²) in [5, 5.41) is 4.76. The van der Waals surface area contributed by atoms with Crippen molar-refractivity contribution in [2.75, 3.05) is 44.3 Å². The van der Waals surface area contributed by atoms with Gasteiger partial charge < -0.3 is 4.74 Å². The lowest BCUT2D eigenvalue weighted by Crippen LogP contribution is -2.43. The molecule has 3 aromatic rings. The van der Waals surface area contributed by atoms with Crippen molar-refractivity contribution in [1.82, 2.24) is 19.7 Å². The minimum Gasteiger partial charge on any atom is -0.379 e. The Bertz CT molecular complexity index is 976. The molecule has 0 unspecified atom stereocenters.